The second-order valence-corrected chi connectivity index (χ2v) is 7.56. The van der Waals surface area contributed by atoms with Gasteiger partial charge in [-0.15, -0.1) is 13.2 Å². The number of nitrogens with zero attached hydrogens (tertiary/aromatic N) is 1. The zero-order valence-electron chi connectivity index (χ0n) is 11.3. The minimum atomic E-state index is -4.82. The van der Waals surface area contributed by atoms with Crippen molar-refractivity contribution in [3.05, 3.63) is 22.8 Å². The van der Waals surface area contributed by atoms with E-state index in [9.17, 15) is 22.5 Å². The van der Waals surface area contributed by atoms with Crippen LogP contribution >= 0.6 is 11.8 Å². The fourth-order valence-electron chi connectivity index (χ4n) is 2.21. The molecule has 0 bridgehead atoms. The van der Waals surface area contributed by atoms with Gasteiger partial charge in [-0.1, -0.05) is 29.9 Å². The summed E-state index contributed by atoms with van der Waals surface area (Å²) in [5, 5.41) is 0.136. The van der Waals surface area contributed by atoms with Crippen LogP contribution in [0.3, 0.4) is 0 Å². The first-order valence-corrected chi connectivity index (χ1v) is 8.74. The Morgan fingerprint density at radius 1 is 1.57 bits per heavy atom. The van der Waals surface area contributed by atoms with E-state index >= 15 is 0 Å². The summed E-state index contributed by atoms with van der Waals surface area (Å²) < 4.78 is 49.1. The number of thioether (sulfide) groups is 1. The van der Waals surface area contributed by atoms with Crippen LogP contribution in [0.2, 0.25) is 0 Å². The molecule has 0 saturated carbocycles. The number of alkyl halides is 3. The molecule has 3 unspecified atom stereocenters. The molecule has 0 fully saturated rings. The minimum absolute atomic E-state index is 0.0760. The van der Waals surface area contributed by atoms with Crippen molar-refractivity contribution in [3.8, 4) is 0 Å². The van der Waals surface area contributed by atoms with Gasteiger partial charge in [-0.2, -0.15) is 4.84 Å². The van der Waals surface area contributed by atoms with Crippen LogP contribution in [0.5, 0.6) is 0 Å². The highest BCUT2D eigenvalue weighted by atomic mass is 32.2. The molecule has 1 heterocycles. The number of carbonyl (C=O) groups excluding carboxylic acids is 1. The van der Waals surface area contributed by atoms with E-state index in [2.05, 4.69) is 4.84 Å². The average Bonchev–Trinajstić information content (AvgIpc) is 2.64. The second kappa shape index (κ2) is 6.23. The summed E-state index contributed by atoms with van der Waals surface area (Å²) in [6.45, 7) is 1.72. The molecule has 1 aliphatic heterocycles. The lowest BCUT2D eigenvalue weighted by Gasteiger charge is -2.30. The van der Waals surface area contributed by atoms with E-state index in [4.69, 9.17) is 0 Å². The highest BCUT2D eigenvalue weighted by Gasteiger charge is 2.44. The van der Waals surface area contributed by atoms with Crippen LogP contribution < -0.4 is 0 Å². The third-order valence-electron chi connectivity index (χ3n) is 2.97. The quantitative estimate of drug-likeness (QED) is 0.736. The highest BCUT2D eigenvalue weighted by molar-refractivity contribution is 8.04. The van der Waals surface area contributed by atoms with Gasteiger partial charge in [0.25, 0.3) is 0 Å². The maximum atomic E-state index is 12.6. The molecule has 2 rings (SSSR count). The fraction of sp³-hybridized carbons (Fsp3) is 0.583. The molecule has 0 radical (unpaired) electrons. The third kappa shape index (κ3) is 4.18. The molecule has 2 aliphatic rings. The Bertz CT molecular complexity index is 491. The standard InChI is InChI=1S/C12H14F3NO3S2/c1-7(6-21(2)18)11-16(19-12(13,14)15)9-4-3-8(17)5-10(9)20-11/h3-4,7,11H,5-6H2,1-2H3. The Kier molecular flexibility index (Phi) is 4.96. The lowest BCUT2D eigenvalue weighted by atomic mass is 10.1. The molecular formula is C12H14F3NO3S2. The molecule has 0 spiro atoms. The molecular weight excluding hydrogens is 327 g/mol. The summed E-state index contributed by atoms with van der Waals surface area (Å²) in [6.07, 6.45) is -0.650. The SMILES string of the molecule is CC(C[S+](C)[O-])C1SC2=C(C=CC(=O)C2)N1OC(F)(F)F. The number of hydrogen-bond acceptors (Lipinski definition) is 5. The van der Waals surface area contributed by atoms with Crippen molar-refractivity contribution >= 4 is 28.7 Å². The zero-order valence-corrected chi connectivity index (χ0v) is 13.0. The first-order chi connectivity index (χ1) is 9.67. The third-order valence-corrected chi connectivity index (χ3v) is 5.50. The maximum Gasteiger partial charge on any atom is 0.544 e. The summed E-state index contributed by atoms with van der Waals surface area (Å²) >= 11 is 0.0435. The van der Waals surface area contributed by atoms with Crippen LogP contribution in [-0.4, -0.2) is 39.1 Å². The van der Waals surface area contributed by atoms with E-state index in [1.807, 2.05) is 0 Å². The molecule has 0 aromatic heterocycles. The van der Waals surface area contributed by atoms with Crippen LogP contribution in [0, 0.1) is 5.92 Å². The van der Waals surface area contributed by atoms with Gasteiger partial charge in [0, 0.05) is 17.2 Å². The molecule has 0 saturated heterocycles. The number of ketones is 1. The molecule has 0 amide bonds. The zero-order chi connectivity index (χ0) is 15.8. The minimum Gasteiger partial charge on any atom is -0.617 e. The maximum absolute atomic E-state index is 12.6. The molecule has 21 heavy (non-hydrogen) atoms. The predicted molar refractivity (Wildman–Crippen MR) is 74.2 cm³/mol. The summed E-state index contributed by atoms with van der Waals surface area (Å²) in [7, 11) is 0. The second-order valence-electron chi connectivity index (χ2n) is 4.87. The Morgan fingerprint density at radius 2 is 2.24 bits per heavy atom. The number of halogens is 3. The first-order valence-electron chi connectivity index (χ1n) is 6.13. The largest absolute Gasteiger partial charge is 0.617 e. The summed E-state index contributed by atoms with van der Waals surface area (Å²) in [4.78, 5) is 16.1. The van der Waals surface area contributed by atoms with Gasteiger partial charge in [-0.3, -0.25) is 4.79 Å². The Labute approximate surface area is 127 Å². The molecule has 0 aromatic carbocycles. The van der Waals surface area contributed by atoms with E-state index in [1.54, 1.807) is 6.92 Å². The Hall–Kier alpha value is -0.640. The van der Waals surface area contributed by atoms with Crippen molar-refractivity contribution in [1.82, 2.24) is 5.06 Å². The average molecular weight is 341 g/mol. The van der Waals surface area contributed by atoms with Crippen molar-refractivity contribution < 1.29 is 27.4 Å². The van der Waals surface area contributed by atoms with Gasteiger partial charge in [-0.25, -0.2) is 5.06 Å². The van der Waals surface area contributed by atoms with Gasteiger partial charge in [-0.05, 0) is 12.2 Å². The van der Waals surface area contributed by atoms with Crippen molar-refractivity contribution in [3.63, 3.8) is 0 Å². The summed E-state index contributed by atoms with van der Waals surface area (Å²) in [5.74, 6) is -0.189. The number of rotatable bonds is 4. The highest BCUT2D eigenvalue weighted by Crippen LogP contribution is 2.46. The van der Waals surface area contributed by atoms with Crippen molar-refractivity contribution in [2.24, 2.45) is 5.92 Å². The monoisotopic (exact) mass is 341 g/mol. The lowest BCUT2D eigenvalue weighted by molar-refractivity contribution is -0.407. The number of allylic oxidation sites excluding steroid dienone is 3. The van der Waals surface area contributed by atoms with Gasteiger partial charge in [0.1, 0.15) is 11.1 Å². The molecule has 9 heteroatoms. The van der Waals surface area contributed by atoms with E-state index < -0.39 is 22.9 Å². The van der Waals surface area contributed by atoms with Gasteiger partial charge in [0.2, 0.25) is 0 Å². The van der Waals surface area contributed by atoms with Crippen molar-refractivity contribution in [1.29, 1.82) is 0 Å². The van der Waals surface area contributed by atoms with Crippen LogP contribution in [0.25, 0.3) is 0 Å². The Balaban J connectivity index is 2.22. The summed E-state index contributed by atoms with van der Waals surface area (Å²) in [5.41, 5.74) is 0.260. The van der Waals surface area contributed by atoms with Gasteiger partial charge in [0.05, 0.1) is 12.0 Å². The van der Waals surface area contributed by atoms with Gasteiger partial charge in [0.15, 0.2) is 5.78 Å². The molecule has 4 nitrogen and oxygen atoms in total. The summed E-state index contributed by atoms with van der Waals surface area (Å²) in [6, 6.07) is 0. The van der Waals surface area contributed by atoms with E-state index in [1.165, 1.54) is 30.2 Å². The smallest absolute Gasteiger partial charge is 0.544 e. The van der Waals surface area contributed by atoms with Gasteiger partial charge < -0.3 is 4.55 Å². The van der Waals surface area contributed by atoms with E-state index in [0.29, 0.717) is 4.91 Å². The molecule has 3 atom stereocenters. The topological polar surface area (TPSA) is 52.6 Å². The van der Waals surface area contributed by atoms with Crippen molar-refractivity contribution in [2.45, 2.75) is 25.1 Å². The van der Waals surface area contributed by atoms with Crippen LogP contribution in [0.4, 0.5) is 13.2 Å². The van der Waals surface area contributed by atoms with Crippen LogP contribution in [0.1, 0.15) is 13.3 Å². The Morgan fingerprint density at radius 3 is 2.81 bits per heavy atom. The predicted octanol–water partition coefficient (Wildman–Crippen LogP) is 2.57. The molecule has 0 aromatic rings. The first kappa shape index (κ1) is 16.7. The van der Waals surface area contributed by atoms with E-state index in [-0.39, 0.29) is 29.6 Å². The van der Waals surface area contributed by atoms with Crippen LogP contribution in [-0.2, 0) is 20.8 Å². The number of carbonyl (C=O) groups is 1. The van der Waals surface area contributed by atoms with Crippen molar-refractivity contribution in [2.75, 3.05) is 12.0 Å². The van der Waals surface area contributed by atoms with Crippen LogP contribution in [0.15, 0.2) is 22.8 Å². The normalized spacial score (nSPS) is 25.3. The lowest BCUT2D eigenvalue weighted by Crippen LogP contribution is -2.39. The molecule has 1 aliphatic carbocycles. The molecule has 118 valence electrons. The molecule has 0 N–H and O–H groups in total. The van der Waals surface area contributed by atoms with Gasteiger partial charge >= 0.3 is 6.36 Å². The number of hydrogen-bond donors (Lipinski definition) is 0. The van der Waals surface area contributed by atoms with E-state index in [0.717, 1.165) is 5.06 Å². The fourth-order valence-corrected chi connectivity index (χ4v) is 4.64. The number of hydroxylamine groups is 2.